The molecule has 1 aliphatic rings. The van der Waals surface area contributed by atoms with E-state index in [1.54, 1.807) is 7.11 Å². The summed E-state index contributed by atoms with van der Waals surface area (Å²) in [7, 11) is 1.59. The van der Waals surface area contributed by atoms with E-state index in [4.69, 9.17) is 33.3 Å². The first-order chi connectivity index (χ1) is 15.3. The van der Waals surface area contributed by atoms with Crippen LogP contribution in [-0.2, 0) is 17.5 Å². The fourth-order valence-electron chi connectivity index (χ4n) is 3.34. The molecule has 1 saturated heterocycles. The van der Waals surface area contributed by atoms with Crippen LogP contribution in [0.15, 0.2) is 42.5 Å². The molecule has 0 aliphatic carbocycles. The van der Waals surface area contributed by atoms with Crippen molar-refractivity contribution in [2.45, 2.75) is 12.7 Å². The summed E-state index contributed by atoms with van der Waals surface area (Å²) in [6.07, 6.45) is -4.56. The Labute approximate surface area is 196 Å². The van der Waals surface area contributed by atoms with Crippen molar-refractivity contribution in [1.29, 1.82) is 0 Å². The standard InChI is InChI=1S/C22H25ClF3N3O2S/c1-30-18-5-2-16(3-6-18)15-29(9-8-28-10-12-31-13-11-28)21(32)27-20-7-4-17(23)14-19(20)22(24,25)26/h2-7,14H,8-13,15H2,1H3,(H,27,32). The highest BCUT2D eigenvalue weighted by Gasteiger charge is 2.34. The number of ether oxygens (including phenoxy) is 2. The average Bonchev–Trinajstić information content (AvgIpc) is 2.78. The maximum absolute atomic E-state index is 13.5. The second-order valence-electron chi connectivity index (χ2n) is 7.34. The highest BCUT2D eigenvalue weighted by atomic mass is 35.5. The molecule has 3 rings (SSSR count). The van der Waals surface area contributed by atoms with Gasteiger partial charge in [0.05, 0.1) is 31.6 Å². The van der Waals surface area contributed by atoms with Crippen LogP contribution in [0.4, 0.5) is 18.9 Å². The summed E-state index contributed by atoms with van der Waals surface area (Å²) in [5, 5.41) is 3.01. The molecule has 1 fully saturated rings. The van der Waals surface area contributed by atoms with Crippen molar-refractivity contribution in [1.82, 2.24) is 9.80 Å². The van der Waals surface area contributed by atoms with E-state index < -0.39 is 11.7 Å². The molecule has 0 saturated carbocycles. The maximum Gasteiger partial charge on any atom is 0.418 e. The molecule has 0 aromatic heterocycles. The van der Waals surface area contributed by atoms with E-state index in [0.29, 0.717) is 32.8 Å². The van der Waals surface area contributed by atoms with E-state index in [0.717, 1.165) is 30.5 Å². The molecule has 10 heteroatoms. The molecule has 0 radical (unpaired) electrons. The van der Waals surface area contributed by atoms with Crippen molar-refractivity contribution in [3.8, 4) is 5.75 Å². The zero-order chi connectivity index (χ0) is 23.1. The summed E-state index contributed by atoms with van der Waals surface area (Å²) < 4.78 is 51.1. The number of anilines is 1. The van der Waals surface area contributed by atoms with Gasteiger partial charge < -0.3 is 19.7 Å². The van der Waals surface area contributed by atoms with Crippen LogP contribution in [0.3, 0.4) is 0 Å². The minimum absolute atomic E-state index is 0.0104. The summed E-state index contributed by atoms with van der Waals surface area (Å²) in [6, 6.07) is 11.1. The number of thiocarbonyl (C=S) groups is 1. The number of hydrogen-bond acceptors (Lipinski definition) is 4. The van der Waals surface area contributed by atoms with Crippen LogP contribution in [0, 0.1) is 0 Å². The fraction of sp³-hybridized carbons (Fsp3) is 0.409. The Morgan fingerprint density at radius 2 is 1.88 bits per heavy atom. The molecule has 0 spiro atoms. The van der Waals surface area contributed by atoms with Gasteiger partial charge in [0, 0.05) is 37.7 Å². The maximum atomic E-state index is 13.5. The number of halogens is 4. The number of nitrogens with one attached hydrogen (secondary N) is 1. The van der Waals surface area contributed by atoms with Crippen LogP contribution < -0.4 is 10.1 Å². The van der Waals surface area contributed by atoms with E-state index in [-0.39, 0.29) is 15.8 Å². The van der Waals surface area contributed by atoms with Crippen molar-refractivity contribution < 1.29 is 22.6 Å². The van der Waals surface area contributed by atoms with Gasteiger partial charge in [0.25, 0.3) is 0 Å². The molecule has 5 nitrogen and oxygen atoms in total. The zero-order valence-corrected chi connectivity index (χ0v) is 19.2. The van der Waals surface area contributed by atoms with Gasteiger partial charge in [-0.2, -0.15) is 13.2 Å². The fourth-order valence-corrected chi connectivity index (χ4v) is 3.78. The third-order valence-electron chi connectivity index (χ3n) is 5.14. The number of methoxy groups -OCH3 is 1. The van der Waals surface area contributed by atoms with Crippen molar-refractivity contribution in [3.63, 3.8) is 0 Å². The number of benzene rings is 2. The molecule has 1 N–H and O–H groups in total. The SMILES string of the molecule is COc1ccc(CN(CCN2CCOCC2)C(=S)Nc2ccc(Cl)cc2C(F)(F)F)cc1. The predicted molar refractivity (Wildman–Crippen MR) is 123 cm³/mol. The van der Waals surface area contributed by atoms with Crippen molar-refractivity contribution in [2.75, 3.05) is 51.8 Å². The highest BCUT2D eigenvalue weighted by Crippen LogP contribution is 2.36. The third kappa shape index (κ3) is 6.96. The monoisotopic (exact) mass is 487 g/mol. The Balaban J connectivity index is 1.77. The number of morpholine rings is 1. The molecule has 1 aliphatic heterocycles. The number of alkyl halides is 3. The quantitative estimate of drug-likeness (QED) is 0.560. The Kier molecular flexibility index (Phi) is 8.58. The lowest BCUT2D eigenvalue weighted by atomic mass is 10.1. The molecule has 174 valence electrons. The molecule has 0 atom stereocenters. The van der Waals surface area contributed by atoms with E-state index >= 15 is 0 Å². The van der Waals surface area contributed by atoms with Crippen molar-refractivity contribution in [2.24, 2.45) is 0 Å². The molecular weight excluding hydrogens is 463 g/mol. The molecule has 32 heavy (non-hydrogen) atoms. The first-order valence-corrected chi connectivity index (χ1v) is 10.9. The molecule has 0 unspecified atom stereocenters. The summed E-state index contributed by atoms with van der Waals surface area (Å²) in [5.74, 6) is 0.727. The van der Waals surface area contributed by atoms with Crippen molar-refractivity contribution >= 4 is 34.6 Å². The molecule has 2 aromatic carbocycles. The summed E-state index contributed by atoms with van der Waals surface area (Å²) >= 11 is 11.3. The largest absolute Gasteiger partial charge is 0.497 e. The molecule has 0 amide bonds. The predicted octanol–water partition coefficient (Wildman–Crippen LogP) is 4.90. The van der Waals surface area contributed by atoms with Gasteiger partial charge in [-0.15, -0.1) is 0 Å². The van der Waals surface area contributed by atoms with Gasteiger partial charge in [-0.1, -0.05) is 23.7 Å². The average molecular weight is 488 g/mol. The molecule has 2 aromatic rings. The van der Waals surface area contributed by atoms with Gasteiger partial charge in [-0.05, 0) is 48.1 Å². The number of rotatable bonds is 7. The van der Waals surface area contributed by atoms with Gasteiger partial charge in [0.15, 0.2) is 5.11 Å². The Hall–Kier alpha value is -2.07. The van der Waals surface area contributed by atoms with E-state index in [1.165, 1.54) is 12.1 Å². The lowest BCUT2D eigenvalue weighted by Gasteiger charge is -2.32. The van der Waals surface area contributed by atoms with Gasteiger partial charge in [0.1, 0.15) is 5.75 Å². The summed E-state index contributed by atoms with van der Waals surface area (Å²) in [6.45, 7) is 4.66. The third-order valence-corrected chi connectivity index (χ3v) is 5.73. The zero-order valence-electron chi connectivity index (χ0n) is 17.6. The first kappa shape index (κ1) is 24.6. The first-order valence-electron chi connectivity index (χ1n) is 10.1. The Bertz CT molecular complexity index is 906. The van der Waals surface area contributed by atoms with E-state index in [9.17, 15) is 13.2 Å². The van der Waals surface area contributed by atoms with E-state index in [2.05, 4.69) is 10.2 Å². The van der Waals surface area contributed by atoms with Crippen LogP contribution in [0.2, 0.25) is 5.02 Å². The number of nitrogens with zero attached hydrogens (tertiary/aromatic N) is 2. The molecule has 0 bridgehead atoms. The van der Waals surface area contributed by atoms with Gasteiger partial charge >= 0.3 is 6.18 Å². The number of hydrogen-bond donors (Lipinski definition) is 1. The van der Waals surface area contributed by atoms with Crippen LogP contribution in [0.5, 0.6) is 5.75 Å². The van der Waals surface area contributed by atoms with Crippen LogP contribution in [-0.4, -0.2) is 61.4 Å². The van der Waals surface area contributed by atoms with Crippen LogP contribution >= 0.6 is 23.8 Å². The molecular formula is C22H25ClF3N3O2S. The Morgan fingerprint density at radius 1 is 1.19 bits per heavy atom. The normalized spacial score (nSPS) is 14.8. The lowest BCUT2D eigenvalue weighted by molar-refractivity contribution is -0.136. The highest BCUT2D eigenvalue weighted by molar-refractivity contribution is 7.80. The smallest absolute Gasteiger partial charge is 0.418 e. The molecule has 1 heterocycles. The second-order valence-corrected chi connectivity index (χ2v) is 8.16. The van der Waals surface area contributed by atoms with E-state index in [1.807, 2.05) is 29.2 Å². The van der Waals surface area contributed by atoms with Gasteiger partial charge in [-0.3, -0.25) is 4.90 Å². The van der Waals surface area contributed by atoms with Crippen LogP contribution in [0.1, 0.15) is 11.1 Å². The summed E-state index contributed by atoms with van der Waals surface area (Å²) in [4.78, 5) is 4.11. The Morgan fingerprint density at radius 3 is 2.50 bits per heavy atom. The topological polar surface area (TPSA) is 37.0 Å². The second kappa shape index (κ2) is 11.2. The van der Waals surface area contributed by atoms with Crippen LogP contribution in [0.25, 0.3) is 0 Å². The van der Waals surface area contributed by atoms with Crippen molar-refractivity contribution in [3.05, 3.63) is 58.6 Å². The lowest BCUT2D eigenvalue weighted by Crippen LogP contribution is -2.44. The van der Waals surface area contributed by atoms with Gasteiger partial charge in [-0.25, -0.2) is 0 Å². The minimum atomic E-state index is -4.56. The van der Waals surface area contributed by atoms with Gasteiger partial charge in [0.2, 0.25) is 0 Å². The summed E-state index contributed by atoms with van der Waals surface area (Å²) in [5.41, 5.74) is -0.0213. The minimum Gasteiger partial charge on any atom is -0.497 e.